The topological polar surface area (TPSA) is 90.3 Å². The molecule has 156 valence electrons. The van der Waals surface area contributed by atoms with Crippen LogP contribution in [0.4, 0.5) is 5.69 Å². The number of fused-ring (bicyclic) bond motifs is 1. The van der Waals surface area contributed by atoms with Crippen LogP contribution in [0.5, 0.6) is 23.0 Å². The molecule has 0 aliphatic heterocycles. The number of nitro benzene ring substituents is 1. The van der Waals surface area contributed by atoms with Crippen LogP contribution < -0.4 is 9.47 Å². The molecule has 7 heteroatoms. The third kappa shape index (κ3) is 3.99. The first-order valence-corrected chi connectivity index (χ1v) is 9.88. The average Bonchev–Trinajstić information content (AvgIpc) is 3.30. The Hall–Kier alpha value is -4.65. The maximum Gasteiger partial charge on any atom is 0.269 e. The number of nitrogens with zero attached hydrogens (tertiary/aromatic N) is 2. The predicted octanol–water partition coefficient (Wildman–Crippen LogP) is 6.72. The van der Waals surface area contributed by atoms with E-state index >= 15 is 0 Å². The molecular weight excluding hydrogens is 406 g/mol. The fourth-order valence-electron chi connectivity index (χ4n) is 3.38. The fraction of sp³-hybridized carbons (Fsp3) is 0. The fourth-order valence-corrected chi connectivity index (χ4v) is 3.38. The molecule has 1 N–H and O–H groups in total. The van der Waals surface area contributed by atoms with Crippen LogP contribution in [0, 0.1) is 10.1 Å². The van der Waals surface area contributed by atoms with E-state index in [-0.39, 0.29) is 5.69 Å². The molecule has 4 aromatic carbocycles. The van der Waals surface area contributed by atoms with Crippen LogP contribution in [0.1, 0.15) is 0 Å². The Bertz CT molecular complexity index is 1380. The number of hydrogen-bond donors (Lipinski definition) is 1. The van der Waals surface area contributed by atoms with Crippen molar-refractivity contribution in [2.45, 2.75) is 0 Å². The van der Waals surface area contributed by atoms with E-state index in [2.05, 4.69) is 9.97 Å². The highest BCUT2D eigenvalue weighted by atomic mass is 16.6. The third-order valence-electron chi connectivity index (χ3n) is 4.96. The molecule has 0 amide bonds. The van der Waals surface area contributed by atoms with E-state index in [1.54, 1.807) is 42.7 Å². The number of nitrogens with one attached hydrogen (secondary N) is 1. The summed E-state index contributed by atoms with van der Waals surface area (Å²) in [5.74, 6) is 2.51. The summed E-state index contributed by atoms with van der Waals surface area (Å²) in [6.45, 7) is 0. The molecule has 7 nitrogen and oxygen atoms in total. The number of hydrogen-bond acceptors (Lipinski definition) is 5. The number of nitro groups is 1. The highest BCUT2D eigenvalue weighted by Crippen LogP contribution is 2.31. The molecule has 0 radical (unpaired) electrons. The predicted molar refractivity (Wildman–Crippen MR) is 121 cm³/mol. The molecule has 0 aliphatic carbocycles. The van der Waals surface area contributed by atoms with Crippen molar-refractivity contribution in [3.05, 3.63) is 107 Å². The van der Waals surface area contributed by atoms with Crippen LogP contribution >= 0.6 is 0 Å². The number of imidazole rings is 1. The van der Waals surface area contributed by atoms with Crippen molar-refractivity contribution in [2.75, 3.05) is 0 Å². The summed E-state index contributed by atoms with van der Waals surface area (Å²) in [5, 5.41) is 10.7. The van der Waals surface area contributed by atoms with Crippen molar-refractivity contribution < 1.29 is 14.4 Å². The van der Waals surface area contributed by atoms with Crippen LogP contribution in [-0.4, -0.2) is 14.9 Å². The Morgan fingerprint density at radius 2 is 1.25 bits per heavy atom. The Labute approximate surface area is 183 Å². The summed E-state index contributed by atoms with van der Waals surface area (Å²) < 4.78 is 11.7. The Morgan fingerprint density at radius 3 is 1.81 bits per heavy atom. The van der Waals surface area contributed by atoms with Gasteiger partial charge in [-0.15, -0.1) is 0 Å². The molecular formula is C25H17N3O4. The molecule has 1 heterocycles. The second-order valence-corrected chi connectivity index (χ2v) is 7.06. The van der Waals surface area contributed by atoms with Crippen molar-refractivity contribution in [3.8, 4) is 34.1 Å². The SMILES string of the molecule is O=[N+]([O-])c1ccc(Oc2ccc(Oc3ccc(-c4cccc5[nH]cnc45)cc3)cc2)cc1. The number of non-ortho nitro benzene ring substituents is 1. The second kappa shape index (κ2) is 8.23. The first-order valence-electron chi connectivity index (χ1n) is 9.88. The largest absolute Gasteiger partial charge is 0.457 e. The van der Waals surface area contributed by atoms with Crippen LogP contribution in [0.2, 0.25) is 0 Å². The standard InChI is InChI=1S/C25H17N3O4/c29-28(30)18-6-10-20(11-7-18)32-22-14-12-21(13-15-22)31-19-8-4-17(5-9-19)23-2-1-3-24-25(23)27-16-26-24/h1-16H,(H,26,27). The Morgan fingerprint density at radius 1 is 0.719 bits per heavy atom. The van der Waals surface area contributed by atoms with E-state index in [4.69, 9.17) is 9.47 Å². The highest BCUT2D eigenvalue weighted by Gasteiger charge is 2.07. The van der Waals surface area contributed by atoms with Gasteiger partial charge in [0.15, 0.2) is 0 Å². The zero-order valence-electron chi connectivity index (χ0n) is 16.8. The molecule has 0 spiro atoms. The number of aromatic amines is 1. The smallest absolute Gasteiger partial charge is 0.269 e. The van der Waals surface area contributed by atoms with Gasteiger partial charge in [-0.1, -0.05) is 24.3 Å². The lowest BCUT2D eigenvalue weighted by molar-refractivity contribution is -0.384. The summed E-state index contributed by atoms with van der Waals surface area (Å²) >= 11 is 0. The van der Waals surface area contributed by atoms with E-state index in [0.29, 0.717) is 23.0 Å². The van der Waals surface area contributed by atoms with Crippen molar-refractivity contribution in [1.82, 2.24) is 9.97 Å². The lowest BCUT2D eigenvalue weighted by atomic mass is 10.0. The van der Waals surface area contributed by atoms with E-state index in [9.17, 15) is 10.1 Å². The molecule has 0 unspecified atom stereocenters. The van der Waals surface area contributed by atoms with E-state index in [1.807, 2.05) is 42.5 Å². The zero-order chi connectivity index (χ0) is 21.9. The van der Waals surface area contributed by atoms with Gasteiger partial charge in [0, 0.05) is 17.7 Å². The van der Waals surface area contributed by atoms with Crippen molar-refractivity contribution in [2.24, 2.45) is 0 Å². The van der Waals surface area contributed by atoms with Crippen LogP contribution in [0.3, 0.4) is 0 Å². The van der Waals surface area contributed by atoms with Crippen LogP contribution in [-0.2, 0) is 0 Å². The molecule has 5 rings (SSSR count). The van der Waals surface area contributed by atoms with Crippen LogP contribution in [0.25, 0.3) is 22.2 Å². The number of ether oxygens (including phenoxy) is 2. The quantitative estimate of drug-likeness (QED) is 0.242. The average molecular weight is 423 g/mol. The van der Waals surface area contributed by atoms with Crippen LogP contribution in [0.15, 0.2) is 97.3 Å². The van der Waals surface area contributed by atoms with Gasteiger partial charge in [0.25, 0.3) is 5.69 Å². The lowest BCUT2D eigenvalue weighted by Gasteiger charge is -2.09. The molecule has 1 aromatic heterocycles. The second-order valence-electron chi connectivity index (χ2n) is 7.06. The monoisotopic (exact) mass is 423 g/mol. The van der Waals surface area contributed by atoms with Crippen molar-refractivity contribution in [1.29, 1.82) is 0 Å². The highest BCUT2D eigenvalue weighted by molar-refractivity contribution is 5.91. The minimum absolute atomic E-state index is 0.0214. The van der Waals surface area contributed by atoms with Crippen molar-refractivity contribution in [3.63, 3.8) is 0 Å². The number of H-pyrrole nitrogens is 1. The van der Waals surface area contributed by atoms with Gasteiger partial charge in [-0.2, -0.15) is 0 Å². The summed E-state index contributed by atoms with van der Waals surface area (Å²) in [4.78, 5) is 17.8. The molecule has 5 aromatic rings. The maximum absolute atomic E-state index is 10.7. The van der Waals surface area contributed by atoms with Gasteiger partial charge >= 0.3 is 0 Å². The first kappa shape index (κ1) is 19.3. The van der Waals surface area contributed by atoms with Crippen molar-refractivity contribution >= 4 is 16.7 Å². The normalized spacial score (nSPS) is 10.8. The van der Waals surface area contributed by atoms with Gasteiger partial charge in [-0.3, -0.25) is 10.1 Å². The Kier molecular flexibility index (Phi) is 4.97. The Balaban J connectivity index is 1.26. The molecule has 0 fully saturated rings. The van der Waals surface area contributed by atoms with E-state index < -0.39 is 4.92 Å². The van der Waals surface area contributed by atoms with Gasteiger partial charge in [0.05, 0.1) is 22.3 Å². The molecule has 32 heavy (non-hydrogen) atoms. The third-order valence-corrected chi connectivity index (χ3v) is 4.96. The molecule has 0 aliphatic rings. The maximum atomic E-state index is 10.7. The number of rotatable bonds is 6. The minimum Gasteiger partial charge on any atom is -0.457 e. The van der Waals surface area contributed by atoms with E-state index in [1.165, 1.54) is 12.1 Å². The van der Waals surface area contributed by atoms with Gasteiger partial charge in [-0.25, -0.2) is 4.98 Å². The van der Waals surface area contributed by atoms with Gasteiger partial charge in [0.2, 0.25) is 0 Å². The molecule has 0 saturated heterocycles. The van der Waals surface area contributed by atoms with Gasteiger partial charge < -0.3 is 14.5 Å². The molecule has 0 atom stereocenters. The summed E-state index contributed by atoms with van der Waals surface area (Å²) in [6.07, 6.45) is 1.70. The lowest BCUT2D eigenvalue weighted by Crippen LogP contribution is -1.89. The summed E-state index contributed by atoms with van der Waals surface area (Å²) in [6, 6.07) is 27.0. The number of aromatic nitrogens is 2. The first-order chi connectivity index (χ1) is 15.7. The minimum atomic E-state index is -0.444. The molecule has 0 bridgehead atoms. The molecule has 0 saturated carbocycles. The summed E-state index contributed by atoms with van der Waals surface area (Å²) in [7, 11) is 0. The van der Waals surface area contributed by atoms with E-state index in [0.717, 1.165) is 22.2 Å². The van der Waals surface area contributed by atoms with Gasteiger partial charge in [0.1, 0.15) is 23.0 Å². The van der Waals surface area contributed by atoms with Gasteiger partial charge in [-0.05, 0) is 60.2 Å². The summed E-state index contributed by atoms with van der Waals surface area (Å²) in [5.41, 5.74) is 4.07. The number of para-hydroxylation sites is 1. The number of benzene rings is 4. The zero-order valence-corrected chi connectivity index (χ0v) is 16.8.